The van der Waals surface area contributed by atoms with Crippen molar-refractivity contribution in [1.29, 1.82) is 0 Å². The van der Waals surface area contributed by atoms with Gasteiger partial charge in [-0.25, -0.2) is 0 Å². The third kappa shape index (κ3) is 3.56. The smallest absolute Gasteiger partial charge is 0.139 e. The van der Waals surface area contributed by atoms with Gasteiger partial charge in [-0.3, -0.25) is 9.69 Å². The number of carbonyl (C=O) groups is 1. The first-order valence-corrected chi connectivity index (χ1v) is 8.66. The summed E-state index contributed by atoms with van der Waals surface area (Å²) in [6.07, 6.45) is 2.50. The molecule has 134 valence electrons. The molecule has 0 aliphatic carbocycles. The average molecular weight is 333 g/mol. The second-order valence-electron chi connectivity index (χ2n) is 7.39. The van der Waals surface area contributed by atoms with Crippen LogP contribution in [0.15, 0.2) is 12.1 Å². The Hall–Kier alpha value is -1.23. The zero-order valence-electron chi connectivity index (χ0n) is 14.1. The Bertz CT molecular complexity index is 597. The molecule has 2 N–H and O–H groups in total. The molecule has 0 aromatic heterocycles. The van der Waals surface area contributed by atoms with E-state index in [9.17, 15) is 15.0 Å². The van der Waals surface area contributed by atoms with Gasteiger partial charge in [0.25, 0.3) is 0 Å². The Morgan fingerprint density at radius 2 is 1.88 bits per heavy atom. The molecule has 24 heavy (non-hydrogen) atoms. The number of hydrogen-bond donors (Lipinski definition) is 2. The molecule has 1 fully saturated rings. The minimum atomic E-state index is -0.0696. The van der Waals surface area contributed by atoms with Gasteiger partial charge in [-0.15, -0.1) is 0 Å². The fourth-order valence-corrected chi connectivity index (χ4v) is 4.17. The van der Waals surface area contributed by atoms with E-state index in [0.717, 1.165) is 37.1 Å². The molecule has 0 amide bonds. The van der Waals surface area contributed by atoms with E-state index in [2.05, 4.69) is 18.7 Å². The number of piperidine rings is 1. The monoisotopic (exact) mass is 333 g/mol. The van der Waals surface area contributed by atoms with E-state index in [1.807, 2.05) is 12.1 Å². The van der Waals surface area contributed by atoms with E-state index in [0.29, 0.717) is 18.1 Å². The molecule has 3 rings (SSSR count). The maximum absolute atomic E-state index is 12.6. The molecule has 1 aromatic carbocycles. The lowest BCUT2D eigenvalue weighted by molar-refractivity contribution is -0.129. The van der Waals surface area contributed by atoms with Gasteiger partial charge < -0.3 is 10.2 Å². The third-order valence-electron chi connectivity index (χ3n) is 5.33. The fourth-order valence-electron chi connectivity index (χ4n) is 4.17. The highest BCUT2D eigenvalue weighted by Gasteiger charge is 2.38. The highest BCUT2D eigenvalue weighted by molar-refractivity contribution is 5.83. The summed E-state index contributed by atoms with van der Waals surface area (Å²) >= 11 is 0. The zero-order valence-corrected chi connectivity index (χ0v) is 14.1. The molecule has 2 atom stereocenters. The fraction of sp³-hybridized carbons (Fsp3) is 0.650. The number of fused-ring (bicyclic) bond motifs is 3. The predicted molar refractivity (Wildman–Crippen MR) is 95.6 cm³/mol. The molecule has 2 aliphatic rings. The number of benzene rings is 1. The van der Waals surface area contributed by atoms with Crippen LogP contribution in [0, 0.1) is 11.8 Å². The maximum Gasteiger partial charge on any atom is 0.139 e. The average Bonchev–Trinajstić information content (AvgIpc) is 2.53. The molecule has 1 aromatic rings. The predicted octanol–water partition coefficient (Wildman–Crippen LogP) is 2.84. The molecular weight excluding hydrogens is 302 g/mol. The normalized spacial score (nSPS) is 23.6. The molecule has 0 saturated carbocycles. The summed E-state index contributed by atoms with van der Waals surface area (Å²) in [6.45, 7) is 6.07. The minimum absolute atomic E-state index is 0. The molecule has 0 bridgehead atoms. The van der Waals surface area contributed by atoms with Gasteiger partial charge in [-0.1, -0.05) is 33.4 Å². The van der Waals surface area contributed by atoms with Gasteiger partial charge in [-0.05, 0) is 41.0 Å². The first kappa shape index (κ1) is 19.1. The summed E-state index contributed by atoms with van der Waals surface area (Å²) < 4.78 is 0. The van der Waals surface area contributed by atoms with Gasteiger partial charge in [0.2, 0.25) is 0 Å². The lowest BCUT2D eigenvalue weighted by atomic mass is 9.79. The topological polar surface area (TPSA) is 60.8 Å². The Kier molecular flexibility index (Phi) is 6.18. The van der Waals surface area contributed by atoms with E-state index in [1.54, 1.807) is 0 Å². The van der Waals surface area contributed by atoms with Crippen LogP contribution in [-0.2, 0) is 24.4 Å². The number of carbonyl (C=O) groups excluding carboxylic acids is 1. The van der Waals surface area contributed by atoms with Crippen molar-refractivity contribution in [3.63, 3.8) is 0 Å². The van der Waals surface area contributed by atoms with E-state index in [1.165, 1.54) is 11.1 Å². The summed E-state index contributed by atoms with van der Waals surface area (Å²) in [5, 5.41) is 19.0. The number of aliphatic hydroxyl groups is 2. The standard InChI is InChI=1S/C19H27NO3.CH4/c1-12(2)5-14-9-20-4-3-13-6-15(10-21)16(11-22)7-17(13)18(20)8-19(14)23;/h6-7,12,14,18,21-22H,3-5,8-11H2,1-2H3;1H4. The molecule has 0 radical (unpaired) electrons. The molecule has 4 nitrogen and oxygen atoms in total. The molecule has 1 saturated heterocycles. The summed E-state index contributed by atoms with van der Waals surface area (Å²) in [5.41, 5.74) is 3.99. The molecule has 2 heterocycles. The number of aliphatic hydroxyl groups excluding tert-OH is 2. The van der Waals surface area contributed by atoms with Gasteiger partial charge in [0, 0.05) is 31.5 Å². The molecule has 4 heteroatoms. The van der Waals surface area contributed by atoms with Crippen LogP contribution in [-0.4, -0.2) is 34.0 Å². The summed E-state index contributed by atoms with van der Waals surface area (Å²) in [6, 6.07) is 4.17. The Morgan fingerprint density at radius 1 is 1.21 bits per heavy atom. The van der Waals surface area contributed by atoms with Crippen LogP contribution in [0.2, 0.25) is 0 Å². The van der Waals surface area contributed by atoms with Crippen LogP contribution in [0.1, 0.15) is 62.4 Å². The lowest BCUT2D eigenvalue weighted by Crippen LogP contribution is -2.46. The number of Topliss-reactive ketones (excluding diaryl/α,β-unsaturated/α-hetero) is 1. The van der Waals surface area contributed by atoms with E-state index < -0.39 is 0 Å². The van der Waals surface area contributed by atoms with Crippen molar-refractivity contribution < 1.29 is 15.0 Å². The van der Waals surface area contributed by atoms with Crippen LogP contribution in [0.4, 0.5) is 0 Å². The van der Waals surface area contributed by atoms with Crippen LogP contribution < -0.4 is 0 Å². The maximum atomic E-state index is 12.6. The van der Waals surface area contributed by atoms with Crippen molar-refractivity contribution >= 4 is 5.78 Å². The number of hydrogen-bond acceptors (Lipinski definition) is 4. The van der Waals surface area contributed by atoms with Crippen LogP contribution >= 0.6 is 0 Å². The molecule has 0 spiro atoms. The van der Waals surface area contributed by atoms with Crippen LogP contribution in [0.5, 0.6) is 0 Å². The van der Waals surface area contributed by atoms with Crippen molar-refractivity contribution in [2.45, 2.75) is 59.8 Å². The van der Waals surface area contributed by atoms with Crippen molar-refractivity contribution in [2.75, 3.05) is 13.1 Å². The Labute approximate surface area is 145 Å². The van der Waals surface area contributed by atoms with Crippen LogP contribution in [0.3, 0.4) is 0 Å². The van der Waals surface area contributed by atoms with Crippen molar-refractivity contribution in [2.24, 2.45) is 11.8 Å². The number of ketones is 1. The Balaban J connectivity index is 0.00000208. The SMILES string of the molecule is C.CC(C)CC1CN2CCc3cc(CO)c(CO)cc3C2CC1=O. The van der Waals surface area contributed by atoms with E-state index >= 15 is 0 Å². The van der Waals surface area contributed by atoms with Crippen molar-refractivity contribution in [3.05, 3.63) is 34.4 Å². The second-order valence-corrected chi connectivity index (χ2v) is 7.39. The highest BCUT2D eigenvalue weighted by atomic mass is 16.3. The summed E-state index contributed by atoms with van der Waals surface area (Å²) in [4.78, 5) is 15.0. The summed E-state index contributed by atoms with van der Waals surface area (Å²) in [5.74, 6) is 1.09. The van der Waals surface area contributed by atoms with Gasteiger partial charge in [0.05, 0.1) is 13.2 Å². The summed E-state index contributed by atoms with van der Waals surface area (Å²) in [7, 11) is 0. The quantitative estimate of drug-likeness (QED) is 0.889. The molecule has 2 aliphatic heterocycles. The first-order chi connectivity index (χ1) is 11.0. The largest absolute Gasteiger partial charge is 0.392 e. The number of rotatable bonds is 4. The van der Waals surface area contributed by atoms with Gasteiger partial charge in [-0.2, -0.15) is 0 Å². The lowest BCUT2D eigenvalue weighted by Gasteiger charge is -2.43. The molecular formula is C20H31NO3. The first-order valence-electron chi connectivity index (χ1n) is 8.66. The zero-order chi connectivity index (χ0) is 16.6. The minimum Gasteiger partial charge on any atom is -0.392 e. The highest BCUT2D eigenvalue weighted by Crippen LogP contribution is 2.39. The van der Waals surface area contributed by atoms with Gasteiger partial charge in [0.1, 0.15) is 5.78 Å². The van der Waals surface area contributed by atoms with Gasteiger partial charge in [0.15, 0.2) is 0 Å². The van der Waals surface area contributed by atoms with Crippen molar-refractivity contribution in [1.82, 2.24) is 4.90 Å². The van der Waals surface area contributed by atoms with E-state index in [4.69, 9.17) is 0 Å². The molecule has 2 unspecified atom stereocenters. The third-order valence-corrected chi connectivity index (χ3v) is 5.33. The van der Waals surface area contributed by atoms with E-state index in [-0.39, 0.29) is 32.6 Å². The Morgan fingerprint density at radius 3 is 2.50 bits per heavy atom. The van der Waals surface area contributed by atoms with Crippen LogP contribution in [0.25, 0.3) is 0 Å². The van der Waals surface area contributed by atoms with Crippen molar-refractivity contribution in [3.8, 4) is 0 Å². The number of nitrogens with zero attached hydrogens (tertiary/aromatic N) is 1. The van der Waals surface area contributed by atoms with Gasteiger partial charge >= 0.3 is 0 Å². The second kappa shape index (κ2) is 7.77.